The molecule has 2 heterocycles. The first kappa shape index (κ1) is 11.3. The maximum Gasteiger partial charge on any atom is 0.0680 e. The van der Waals surface area contributed by atoms with Crippen LogP contribution in [0.3, 0.4) is 0 Å². The normalized spacial score (nSPS) is 39.8. The molecule has 4 heteroatoms. The van der Waals surface area contributed by atoms with Gasteiger partial charge in [0.2, 0.25) is 0 Å². The Balaban J connectivity index is 1.75. The summed E-state index contributed by atoms with van der Waals surface area (Å²) >= 11 is 0. The van der Waals surface area contributed by atoms with Gasteiger partial charge in [-0.25, -0.2) is 0 Å². The molecule has 3 unspecified atom stereocenters. The van der Waals surface area contributed by atoms with Crippen molar-refractivity contribution >= 4 is 0 Å². The molecule has 15 heavy (non-hydrogen) atoms. The minimum atomic E-state index is -0.125. The fraction of sp³-hybridized carbons (Fsp3) is 1.00. The lowest BCUT2D eigenvalue weighted by molar-refractivity contribution is 0.0970. The van der Waals surface area contributed by atoms with Gasteiger partial charge in [0.25, 0.3) is 0 Å². The molecule has 0 spiro atoms. The molecule has 2 N–H and O–H groups in total. The van der Waals surface area contributed by atoms with Crippen LogP contribution in [0.25, 0.3) is 0 Å². The number of hydrogen-bond donors (Lipinski definition) is 2. The monoisotopic (exact) mass is 213 g/mol. The highest BCUT2D eigenvalue weighted by molar-refractivity contribution is 4.86. The molecule has 0 aromatic heterocycles. The maximum absolute atomic E-state index is 9.43. The largest absolute Gasteiger partial charge is 0.392 e. The molecular weight excluding hydrogens is 190 g/mol. The van der Waals surface area contributed by atoms with Crippen LogP contribution in [0, 0.1) is 0 Å². The smallest absolute Gasteiger partial charge is 0.0680 e. The molecule has 2 aliphatic heterocycles. The first-order chi connectivity index (χ1) is 7.15. The first-order valence-corrected chi connectivity index (χ1v) is 5.99. The van der Waals surface area contributed by atoms with E-state index in [4.69, 9.17) is 0 Å². The summed E-state index contributed by atoms with van der Waals surface area (Å²) in [4.78, 5) is 4.92. The van der Waals surface area contributed by atoms with E-state index >= 15 is 0 Å². The Labute approximate surface area is 92.2 Å². The minimum Gasteiger partial charge on any atom is -0.392 e. The maximum atomic E-state index is 9.43. The van der Waals surface area contributed by atoms with Crippen LogP contribution >= 0.6 is 0 Å². The van der Waals surface area contributed by atoms with Crippen molar-refractivity contribution in [2.45, 2.75) is 31.5 Å². The summed E-state index contributed by atoms with van der Waals surface area (Å²) in [6, 6.07) is 1.15. The third-order valence-corrected chi connectivity index (χ3v) is 3.72. The van der Waals surface area contributed by atoms with Crippen molar-refractivity contribution in [2.75, 3.05) is 39.8 Å². The Hall–Kier alpha value is -0.160. The molecule has 0 amide bonds. The standard InChI is InChI=1S/C11H23N3O/c1-9-7-14(4-3-13(9)2)8-10-5-11(15)6-12-10/h9-12,15H,3-8H2,1-2H3. The van der Waals surface area contributed by atoms with Gasteiger partial charge >= 0.3 is 0 Å². The second kappa shape index (κ2) is 4.78. The fourth-order valence-electron chi connectivity index (χ4n) is 2.54. The molecule has 2 saturated heterocycles. The van der Waals surface area contributed by atoms with Crippen LogP contribution in [0.1, 0.15) is 13.3 Å². The number of β-amino-alcohol motifs (C(OH)–C–C–N with tert-alkyl or cyclic N) is 1. The lowest BCUT2D eigenvalue weighted by Gasteiger charge is -2.38. The van der Waals surface area contributed by atoms with E-state index in [1.165, 1.54) is 0 Å². The average molecular weight is 213 g/mol. The Morgan fingerprint density at radius 3 is 2.80 bits per heavy atom. The van der Waals surface area contributed by atoms with Gasteiger partial charge in [-0.1, -0.05) is 0 Å². The van der Waals surface area contributed by atoms with Gasteiger partial charge in [0.15, 0.2) is 0 Å². The summed E-state index contributed by atoms with van der Waals surface area (Å²) in [5, 5.41) is 12.8. The lowest BCUT2D eigenvalue weighted by Crippen LogP contribution is -2.52. The van der Waals surface area contributed by atoms with Gasteiger partial charge < -0.3 is 15.3 Å². The molecule has 2 fully saturated rings. The van der Waals surface area contributed by atoms with E-state index in [1.807, 2.05) is 0 Å². The number of aliphatic hydroxyl groups is 1. The molecule has 2 rings (SSSR count). The molecule has 0 aromatic rings. The molecule has 0 aromatic carbocycles. The first-order valence-electron chi connectivity index (χ1n) is 5.99. The van der Waals surface area contributed by atoms with Gasteiger partial charge in [-0.2, -0.15) is 0 Å². The van der Waals surface area contributed by atoms with Gasteiger partial charge in [-0.15, -0.1) is 0 Å². The summed E-state index contributed by atoms with van der Waals surface area (Å²) in [7, 11) is 2.19. The molecule has 0 saturated carbocycles. The topological polar surface area (TPSA) is 38.7 Å². The van der Waals surface area contributed by atoms with Crippen molar-refractivity contribution in [1.29, 1.82) is 0 Å². The SMILES string of the molecule is CC1CN(CC2CC(O)CN2)CCN1C. The number of nitrogens with one attached hydrogen (secondary N) is 1. The summed E-state index contributed by atoms with van der Waals surface area (Å²) < 4.78 is 0. The summed E-state index contributed by atoms with van der Waals surface area (Å²) in [6.07, 6.45) is 0.792. The van der Waals surface area contributed by atoms with Crippen LogP contribution in [0.5, 0.6) is 0 Å². The van der Waals surface area contributed by atoms with Crippen molar-refractivity contribution in [3.8, 4) is 0 Å². The van der Waals surface area contributed by atoms with Gasteiger partial charge in [-0.05, 0) is 20.4 Å². The van der Waals surface area contributed by atoms with E-state index in [9.17, 15) is 5.11 Å². The van der Waals surface area contributed by atoms with Crippen LogP contribution in [0.15, 0.2) is 0 Å². The molecular formula is C11H23N3O. The van der Waals surface area contributed by atoms with Crippen molar-refractivity contribution in [3.63, 3.8) is 0 Å². The molecule has 0 radical (unpaired) electrons. The predicted octanol–water partition coefficient (Wildman–Crippen LogP) is -0.655. The molecule has 2 aliphatic rings. The number of hydrogen-bond acceptors (Lipinski definition) is 4. The highest BCUT2D eigenvalue weighted by Gasteiger charge is 2.27. The number of rotatable bonds is 2. The average Bonchev–Trinajstić information content (AvgIpc) is 2.58. The third-order valence-electron chi connectivity index (χ3n) is 3.72. The molecule has 3 atom stereocenters. The number of piperazine rings is 1. The van der Waals surface area contributed by atoms with E-state index < -0.39 is 0 Å². The Morgan fingerprint density at radius 1 is 1.40 bits per heavy atom. The van der Waals surface area contributed by atoms with Gasteiger partial charge in [0.05, 0.1) is 6.10 Å². The zero-order chi connectivity index (χ0) is 10.8. The van der Waals surface area contributed by atoms with E-state index in [2.05, 4.69) is 29.1 Å². The lowest BCUT2D eigenvalue weighted by atomic mass is 10.1. The van der Waals surface area contributed by atoms with Crippen LogP contribution < -0.4 is 5.32 Å². The number of aliphatic hydroxyl groups excluding tert-OH is 1. The van der Waals surface area contributed by atoms with Crippen LogP contribution in [-0.2, 0) is 0 Å². The summed E-state index contributed by atoms with van der Waals surface area (Å²) in [5.41, 5.74) is 0. The Kier molecular flexibility index (Phi) is 3.61. The molecule has 0 aliphatic carbocycles. The highest BCUT2D eigenvalue weighted by atomic mass is 16.3. The second-order valence-corrected chi connectivity index (χ2v) is 5.08. The predicted molar refractivity (Wildman–Crippen MR) is 60.9 cm³/mol. The highest BCUT2D eigenvalue weighted by Crippen LogP contribution is 2.12. The molecule has 88 valence electrons. The quantitative estimate of drug-likeness (QED) is 0.639. The van der Waals surface area contributed by atoms with Crippen molar-refractivity contribution in [1.82, 2.24) is 15.1 Å². The fourth-order valence-corrected chi connectivity index (χ4v) is 2.54. The molecule has 4 nitrogen and oxygen atoms in total. The zero-order valence-electron chi connectivity index (χ0n) is 9.82. The van der Waals surface area contributed by atoms with Crippen molar-refractivity contribution in [3.05, 3.63) is 0 Å². The Bertz CT molecular complexity index is 212. The second-order valence-electron chi connectivity index (χ2n) is 5.08. The zero-order valence-corrected chi connectivity index (χ0v) is 9.82. The third kappa shape index (κ3) is 2.91. The van der Waals surface area contributed by atoms with Crippen LogP contribution in [0.4, 0.5) is 0 Å². The van der Waals surface area contributed by atoms with E-state index in [1.54, 1.807) is 0 Å². The van der Waals surface area contributed by atoms with Crippen molar-refractivity contribution in [2.24, 2.45) is 0 Å². The van der Waals surface area contributed by atoms with E-state index in [0.29, 0.717) is 12.1 Å². The van der Waals surface area contributed by atoms with Gasteiger partial charge in [0.1, 0.15) is 0 Å². The van der Waals surface area contributed by atoms with Gasteiger partial charge in [-0.3, -0.25) is 4.90 Å². The van der Waals surface area contributed by atoms with Crippen LogP contribution in [-0.4, -0.2) is 72.9 Å². The minimum absolute atomic E-state index is 0.125. The summed E-state index contributed by atoms with van der Waals surface area (Å²) in [6.45, 7) is 7.63. The number of nitrogens with zero attached hydrogens (tertiary/aromatic N) is 2. The van der Waals surface area contributed by atoms with Gasteiger partial charge in [0, 0.05) is 44.8 Å². The number of likely N-dealkylation sites (N-methyl/N-ethyl adjacent to an activating group) is 1. The molecule has 0 bridgehead atoms. The Morgan fingerprint density at radius 2 is 2.20 bits per heavy atom. The summed E-state index contributed by atoms with van der Waals surface area (Å²) in [5.74, 6) is 0. The van der Waals surface area contributed by atoms with E-state index in [0.717, 1.165) is 39.1 Å². The van der Waals surface area contributed by atoms with Crippen LogP contribution in [0.2, 0.25) is 0 Å². The van der Waals surface area contributed by atoms with E-state index in [-0.39, 0.29) is 6.10 Å². The van der Waals surface area contributed by atoms with Crippen molar-refractivity contribution < 1.29 is 5.11 Å².